The van der Waals surface area contributed by atoms with Crippen LogP contribution in [-0.2, 0) is 4.74 Å². The molecular weight excluding hydrogens is 216 g/mol. The summed E-state index contributed by atoms with van der Waals surface area (Å²) in [5, 5.41) is 3.15. The number of carbonyl (C=O) groups excluding carboxylic acids is 1. The van der Waals surface area contributed by atoms with Gasteiger partial charge in [-0.3, -0.25) is 4.79 Å². The lowest BCUT2D eigenvalue weighted by Gasteiger charge is -2.07. The molecule has 4 nitrogen and oxygen atoms in total. The molecule has 15 heavy (non-hydrogen) atoms. The predicted octanol–water partition coefficient (Wildman–Crippen LogP) is 1.30. The van der Waals surface area contributed by atoms with Gasteiger partial charge in [0, 0.05) is 24.4 Å². The first-order chi connectivity index (χ1) is 7.15. The Balaban J connectivity index is 2.68. The van der Waals surface area contributed by atoms with Gasteiger partial charge in [0.15, 0.2) is 0 Å². The highest BCUT2D eigenvalue weighted by molar-refractivity contribution is 6.31. The van der Waals surface area contributed by atoms with Crippen molar-refractivity contribution < 1.29 is 9.53 Å². The second-order valence-electron chi connectivity index (χ2n) is 2.98. The second kappa shape index (κ2) is 5.58. The van der Waals surface area contributed by atoms with Gasteiger partial charge in [-0.05, 0) is 18.2 Å². The molecule has 0 atom stereocenters. The zero-order chi connectivity index (χ0) is 11.3. The van der Waals surface area contributed by atoms with E-state index in [2.05, 4.69) is 5.32 Å². The Morgan fingerprint density at radius 1 is 1.60 bits per heavy atom. The lowest BCUT2D eigenvalue weighted by atomic mass is 10.1. The molecule has 0 heterocycles. The van der Waals surface area contributed by atoms with E-state index in [-0.39, 0.29) is 5.91 Å². The average Bonchev–Trinajstić information content (AvgIpc) is 2.22. The van der Waals surface area contributed by atoms with Crippen LogP contribution in [0.3, 0.4) is 0 Å². The number of nitrogen functional groups attached to an aromatic ring is 1. The second-order valence-corrected chi connectivity index (χ2v) is 3.42. The molecule has 1 aromatic rings. The number of rotatable bonds is 4. The van der Waals surface area contributed by atoms with E-state index in [1.54, 1.807) is 25.3 Å². The normalized spacial score (nSPS) is 10.0. The number of hydrogen-bond donors (Lipinski definition) is 2. The number of nitrogens with two attached hydrogens (primary N) is 1. The summed E-state index contributed by atoms with van der Waals surface area (Å²) in [5.74, 6) is -0.243. The molecule has 0 radical (unpaired) electrons. The molecule has 0 aliphatic carbocycles. The fourth-order valence-corrected chi connectivity index (χ4v) is 1.26. The summed E-state index contributed by atoms with van der Waals surface area (Å²) in [6.45, 7) is 0.910. The summed E-state index contributed by atoms with van der Waals surface area (Å²) < 4.78 is 4.81. The maximum atomic E-state index is 11.6. The first-order valence-electron chi connectivity index (χ1n) is 4.47. The van der Waals surface area contributed by atoms with Gasteiger partial charge in [-0.15, -0.1) is 0 Å². The van der Waals surface area contributed by atoms with Crippen LogP contribution in [0.25, 0.3) is 0 Å². The Morgan fingerprint density at radius 2 is 2.33 bits per heavy atom. The van der Waals surface area contributed by atoms with Crippen molar-refractivity contribution in [3.8, 4) is 0 Å². The van der Waals surface area contributed by atoms with Crippen LogP contribution in [0.4, 0.5) is 5.69 Å². The van der Waals surface area contributed by atoms with E-state index in [4.69, 9.17) is 22.1 Å². The monoisotopic (exact) mass is 228 g/mol. The Morgan fingerprint density at radius 3 is 3.00 bits per heavy atom. The zero-order valence-corrected chi connectivity index (χ0v) is 9.17. The van der Waals surface area contributed by atoms with Crippen LogP contribution < -0.4 is 11.1 Å². The molecule has 0 saturated carbocycles. The van der Waals surface area contributed by atoms with Gasteiger partial charge in [-0.2, -0.15) is 0 Å². The summed E-state index contributed by atoms with van der Waals surface area (Å²) in [6, 6.07) is 4.79. The summed E-state index contributed by atoms with van der Waals surface area (Å²) in [4.78, 5) is 11.6. The van der Waals surface area contributed by atoms with E-state index < -0.39 is 0 Å². The molecule has 3 N–H and O–H groups in total. The minimum absolute atomic E-state index is 0.243. The minimum Gasteiger partial charge on any atom is -0.398 e. The van der Waals surface area contributed by atoms with Gasteiger partial charge in [0.2, 0.25) is 0 Å². The molecule has 5 heteroatoms. The maximum Gasteiger partial charge on any atom is 0.253 e. The van der Waals surface area contributed by atoms with Crippen molar-refractivity contribution in [2.24, 2.45) is 0 Å². The van der Waals surface area contributed by atoms with Gasteiger partial charge in [0.25, 0.3) is 5.91 Å². The van der Waals surface area contributed by atoms with Crippen molar-refractivity contribution >= 4 is 23.2 Å². The predicted molar refractivity (Wildman–Crippen MR) is 60.1 cm³/mol. The molecule has 0 bridgehead atoms. The fraction of sp³-hybridized carbons (Fsp3) is 0.300. The summed E-state index contributed by atoms with van der Waals surface area (Å²) in [6.07, 6.45) is 0. The zero-order valence-electron chi connectivity index (χ0n) is 8.42. The third-order valence-electron chi connectivity index (χ3n) is 1.85. The summed E-state index contributed by atoms with van der Waals surface area (Å²) in [5.41, 5.74) is 6.44. The van der Waals surface area contributed by atoms with E-state index in [0.29, 0.717) is 29.4 Å². The van der Waals surface area contributed by atoms with Crippen molar-refractivity contribution in [2.75, 3.05) is 26.0 Å². The van der Waals surface area contributed by atoms with Gasteiger partial charge < -0.3 is 15.8 Å². The van der Waals surface area contributed by atoms with Crippen molar-refractivity contribution in [1.29, 1.82) is 0 Å². The number of anilines is 1. The maximum absolute atomic E-state index is 11.6. The fourth-order valence-electron chi connectivity index (χ4n) is 1.09. The van der Waals surface area contributed by atoms with E-state index in [1.165, 1.54) is 0 Å². The third-order valence-corrected chi connectivity index (χ3v) is 2.09. The van der Waals surface area contributed by atoms with Gasteiger partial charge in [-0.1, -0.05) is 11.6 Å². The molecule has 1 aromatic carbocycles. The number of hydrogen-bond acceptors (Lipinski definition) is 3. The van der Waals surface area contributed by atoms with Crippen LogP contribution in [0.15, 0.2) is 18.2 Å². The summed E-state index contributed by atoms with van der Waals surface area (Å²) >= 11 is 5.76. The Hall–Kier alpha value is -1.26. The Bertz CT molecular complexity index is 355. The third kappa shape index (κ3) is 3.42. The molecule has 0 fully saturated rings. The quantitative estimate of drug-likeness (QED) is 0.603. The van der Waals surface area contributed by atoms with E-state index in [0.717, 1.165) is 0 Å². The highest BCUT2D eigenvalue weighted by Crippen LogP contribution is 2.17. The minimum atomic E-state index is -0.243. The molecule has 82 valence electrons. The lowest BCUT2D eigenvalue weighted by molar-refractivity contribution is 0.0938. The van der Waals surface area contributed by atoms with E-state index in [1.807, 2.05) is 0 Å². The van der Waals surface area contributed by atoms with Crippen LogP contribution >= 0.6 is 11.6 Å². The number of benzene rings is 1. The highest BCUT2D eigenvalue weighted by atomic mass is 35.5. The Labute approximate surface area is 93.4 Å². The molecule has 1 amide bonds. The number of ether oxygens (including phenoxy) is 1. The van der Waals surface area contributed by atoms with Gasteiger partial charge in [0.1, 0.15) is 0 Å². The molecule has 0 aromatic heterocycles. The number of nitrogens with one attached hydrogen (secondary N) is 1. The molecule has 0 spiro atoms. The smallest absolute Gasteiger partial charge is 0.253 e. The van der Waals surface area contributed by atoms with Gasteiger partial charge in [-0.25, -0.2) is 0 Å². The summed E-state index contributed by atoms with van der Waals surface area (Å²) in [7, 11) is 1.57. The van der Waals surface area contributed by atoms with Crippen molar-refractivity contribution in [1.82, 2.24) is 5.32 Å². The number of amides is 1. The van der Waals surface area contributed by atoms with E-state index in [9.17, 15) is 4.79 Å². The highest BCUT2D eigenvalue weighted by Gasteiger charge is 2.09. The topological polar surface area (TPSA) is 64.3 Å². The van der Waals surface area contributed by atoms with Crippen molar-refractivity contribution in [2.45, 2.75) is 0 Å². The number of carbonyl (C=O) groups is 1. The van der Waals surface area contributed by atoms with Crippen LogP contribution in [0.5, 0.6) is 0 Å². The standard InChI is InChI=1S/C10H13ClN2O2/c1-15-5-4-13-10(14)8-6-7(11)2-3-9(8)12/h2-3,6H,4-5,12H2,1H3,(H,13,14). The molecule has 0 saturated heterocycles. The van der Waals surface area contributed by atoms with Crippen LogP contribution in [0.2, 0.25) is 5.02 Å². The van der Waals surface area contributed by atoms with Crippen LogP contribution in [0.1, 0.15) is 10.4 Å². The van der Waals surface area contributed by atoms with Crippen molar-refractivity contribution in [3.05, 3.63) is 28.8 Å². The SMILES string of the molecule is COCCNC(=O)c1cc(Cl)ccc1N. The number of halogens is 1. The molecule has 0 aliphatic heterocycles. The van der Waals surface area contributed by atoms with Gasteiger partial charge >= 0.3 is 0 Å². The number of methoxy groups -OCH3 is 1. The van der Waals surface area contributed by atoms with Crippen LogP contribution in [-0.4, -0.2) is 26.2 Å². The molecular formula is C10H13ClN2O2. The molecule has 0 aliphatic rings. The first kappa shape index (κ1) is 11.8. The van der Waals surface area contributed by atoms with Gasteiger partial charge in [0.05, 0.1) is 12.2 Å². The molecule has 1 rings (SSSR count). The largest absolute Gasteiger partial charge is 0.398 e. The van der Waals surface area contributed by atoms with Crippen molar-refractivity contribution in [3.63, 3.8) is 0 Å². The van der Waals surface area contributed by atoms with E-state index >= 15 is 0 Å². The Kier molecular flexibility index (Phi) is 4.39. The van der Waals surface area contributed by atoms with Crippen LogP contribution in [0, 0.1) is 0 Å². The average molecular weight is 229 g/mol. The molecule has 0 unspecified atom stereocenters. The first-order valence-corrected chi connectivity index (χ1v) is 4.85. The lowest BCUT2D eigenvalue weighted by Crippen LogP contribution is -2.27.